The fourth-order valence-corrected chi connectivity index (χ4v) is 4.27. The van der Waals surface area contributed by atoms with Crippen molar-refractivity contribution in [1.82, 2.24) is 5.32 Å². The molecule has 140 valence electrons. The molecule has 0 atom stereocenters. The van der Waals surface area contributed by atoms with E-state index in [2.05, 4.69) is 39.2 Å². The predicted molar refractivity (Wildman–Crippen MR) is 104 cm³/mol. The van der Waals surface area contributed by atoms with Crippen LogP contribution >= 0.6 is 0 Å². The van der Waals surface area contributed by atoms with Crippen LogP contribution in [0.15, 0.2) is 30.3 Å². The monoisotopic (exact) mass is 363 g/mol. The van der Waals surface area contributed by atoms with E-state index < -0.39 is 8.32 Å². The van der Waals surface area contributed by atoms with Gasteiger partial charge in [0.05, 0.1) is 0 Å². The van der Waals surface area contributed by atoms with Gasteiger partial charge in [-0.25, -0.2) is 4.79 Å². The lowest BCUT2D eigenvalue weighted by molar-refractivity contribution is 0.109. The van der Waals surface area contributed by atoms with Gasteiger partial charge in [0.25, 0.3) is 0 Å². The molecule has 2 rings (SSSR count). The van der Waals surface area contributed by atoms with Gasteiger partial charge in [-0.05, 0) is 49.4 Å². The minimum absolute atomic E-state index is 0.197. The summed E-state index contributed by atoms with van der Waals surface area (Å²) in [6.07, 6.45) is 3.95. The normalized spacial score (nSPS) is 21.6. The maximum Gasteiger partial charge on any atom is 0.407 e. The first kappa shape index (κ1) is 20.0. The maximum absolute atomic E-state index is 12.0. The molecule has 0 aromatic heterocycles. The van der Waals surface area contributed by atoms with Gasteiger partial charge in [-0.15, -0.1) is 0 Å². The third-order valence-corrected chi connectivity index (χ3v) is 10.0. The summed E-state index contributed by atoms with van der Waals surface area (Å²) in [4.78, 5) is 12.0. The van der Waals surface area contributed by atoms with Crippen molar-refractivity contribution >= 4 is 14.4 Å². The van der Waals surface area contributed by atoms with Gasteiger partial charge in [0, 0.05) is 12.1 Å². The van der Waals surface area contributed by atoms with Gasteiger partial charge in [-0.2, -0.15) is 0 Å². The summed E-state index contributed by atoms with van der Waals surface area (Å²) in [7, 11) is -1.71. The number of carbonyl (C=O) groups excluding carboxylic acids is 1. The fourth-order valence-electron chi connectivity index (χ4n) is 2.85. The molecule has 0 radical (unpaired) electrons. The van der Waals surface area contributed by atoms with Crippen LogP contribution in [-0.4, -0.2) is 26.6 Å². The lowest BCUT2D eigenvalue weighted by Gasteiger charge is -2.41. The lowest BCUT2D eigenvalue weighted by Crippen LogP contribution is -2.46. The maximum atomic E-state index is 12.0. The molecular formula is C20H33NO3Si. The SMILES string of the molecule is CC(C)(C)[Si](C)(C)O[C@H]1CC[C@H](NC(=O)OCc2ccccc2)CC1. The summed E-state index contributed by atoms with van der Waals surface area (Å²) >= 11 is 0. The molecule has 1 N–H and O–H groups in total. The van der Waals surface area contributed by atoms with E-state index >= 15 is 0 Å². The number of rotatable bonds is 5. The summed E-state index contributed by atoms with van der Waals surface area (Å²) in [5, 5.41) is 3.24. The van der Waals surface area contributed by atoms with Crippen LogP contribution in [0.5, 0.6) is 0 Å². The number of benzene rings is 1. The van der Waals surface area contributed by atoms with Crippen molar-refractivity contribution in [2.75, 3.05) is 0 Å². The van der Waals surface area contributed by atoms with E-state index in [9.17, 15) is 4.79 Å². The Hall–Kier alpha value is -1.33. The standard InChI is InChI=1S/C20H33NO3Si/c1-20(2,3)25(4,5)24-18-13-11-17(12-14-18)21-19(22)23-15-16-9-7-6-8-10-16/h6-10,17-18H,11-15H2,1-5H3,(H,21,22)/t17-,18-. The molecule has 1 fully saturated rings. The van der Waals surface area contributed by atoms with E-state index in [4.69, 9.17) is 9.16 Å². The highest BCUT2D eigenvalue weighted by molar-refractivity contribution is 6.74. The highest BCUT2D eigenvalue weighted by atomic mass is 28.4. The third kappa shape index (κ3) is 6.15. The first-order valence-corrected chi connectivity index (χ1v) is 12.2. The summed E-state index contributed by atoms with van der Waals surface area (Å²) in [6, 6.07) is 9.95. The molecule has 0 aliphatic heterocycles. The number of alkyl carbamates (subject to hydrolysis) is 1. The van der Waals surface area contributed by atoms with Crippen LogP contribution in [0.25, 0.3) is 0 Å². The van der Waals surface area contributed by atoms with Crippen LogP contribution < -0.4 is 5.32 Å². The smallest absolute Gasteiger partial charge is 0.407 e. The quantitative estimate of drug-likeness (QED) is 0.727. The van der Waals surface area contributed by atoms with Crippen LogP contribution in [0.1, 0.15) is 52.0 Å². The van der Waals surface area contributed by atoms with Gasteiger partial charge >= 0.3 is 6.09 Å². The Balaban J connectivity index is 1.70. The molecule has 1 saturated carbocycles. The number of nitrogens with one attached hydrogen (secondary N) is 1. The van der Waals surface area contributed by atoms with Crippen molar-refractivity contribution in [3.63, 3.8) is 0 Å². The van der Waals surface area contributed by atoms with Crippen LogP contribution in [0.2, 0.25) is 18.1 Å². The van der Waals surface area contributed by atoms with Crippen molar-refractivity contribution in [3.05, 3.63) is 35.9 Å². The molecule has 25 heavy (non-hydrogen) atoms. The zero-order valence-electron chi connectivity index (χ0n) is 16.3. The largest absolute Gasteiger partial charge is 0.445 e. The Morgan fingerprint density at radius 1 is 1.12 bits per heavy atom. The fraction of sp³-hybridized carbons (Fsp3) is 0.650. The lowest BCUT2D eigenvalue weighted by atomic mass is 9.93. The average molecular weight is 364 g/mol. The molecule has 0 saturated heterocycles. The molecule has 0 bridgehead atoms. The van der Waals surface area contributed by atoms with Crippen LogP contribution in [-0.2, 0) is 15.8 Å². The third-order valence-electron chi connectivity index (χ3n) is 5.48. The van der Waals surface area contributed by atoms with Gasteiger partial charge in [0.2, 0.25) is 0 Å². The van der Waals surface area contributed by atoms with Crippen molar-refractivity contribution in [2.45, 2.75) is 83.3 Å². The van der Waals surface area contributed by atoms with Crippen molar-refractivity contribution in [2.24, 2.45) is 0 Å². The summed E-state index contributed by atoms with van der Waals surface area (Å²) in [6.45, 7) is 11.7. The minimum Gasteiger partial charge on any atom is -0.445 e. The molecular weight excluding hydrogens is 330 g/mol. The number of amides is 1. The molecule has 1 amide bonds. The van der Waals surface area contributed by atoms with E-state index in [0.717, 1.165) is 31.2 Å². The second-order valence-corrected chi connectivity index (χ2v) is 13.3. The van der Waals surface area contributed by atoms with Crippen molar-refractivity contribution in [1.29, 1.82) is 0 Å². The van der Waals surface area contributed by atoms with Crippen LogP contribution in [0.3, 0.4) is 0 Å². The second-order valence-electron chi connectivity index (χ2n) is 8.56. The molecule has 1 aliphatic rings. The Morgan fingerprint density at radius 3 is 2.28 bits per heavy atom. The molecule has 0 spiro atoms. The number of carbonyl (C=O) groups is 1. The summed E-state index contributed by atoms with van der Waals surface area (Å²) in [5.74, 6) is 0. The van der Waals surface area contributed by atoms with Crippen LogP contribution in [0, 0.1) is 0 Å². The van der Waals surface area contributed by atoms with Gasteiger partial charge in [-0.3, -0.25) is 0 Å². The van der Waals surface area contributed by atoms with Crippen molar-refractivity contribution in [3.8, 4) is 0 Å². The highest BCUT2D eigenvalue weighted by Gasteiger charge is 2.39. The van der Waals surface area contributed by atoms with Crippen molar-refractivity contribution < 1.29 is 14.0 Å². The first-order valence-electron chi connectivity index (χ1n) is 9.32. The zero-order valence-corrected chi connectivity index (χ0v) is 17.3. The Kier molecular flexibility index (Phi) is 6.69. The number of hydrogen-bond acceptors (Lipinski definition) is 3. The van der Waals surface area contributed by atoms with E-state index in [1.54, 1.807) is 0 Å². The predicted octanol–water partition coefficient (Wildman–Crippen LogP) is 5.25. The molecule has 1 aliphatic carbocycles. The van der Waals surface area contributed by atoms with Gasteiger partial charge in [0.1, 0.15) is 6.61 Å². The number of hydrogen-bond donors (Lipinski definition) is 1. The van der Waals surface area contributed by atoms with E-state index in [-0.39, 0.29) is 17.2 Å². The molecule has 4 nitrogen and oxygen atoms in total. The van der Waals surface area contributed by atoms with E-state index in [1.165, 1.54) is 0 Å². The zero-order chi connectivity index (χ0) is 18.5. The molecule has 0 heterocycles. The second kappa shape index (κ2) is 8.36. The van der Waals surface area contributed by atoms with E-state index in [1.807, 2.05) is 30.3 Å². The topological polar surface area (TPSA) is 47.6 Å². The molecule has 1 aromatic rings. The average Bonchev–Trinajstić information content (AvgIpc) is 2.54. The first-order chi connectivity index (χ1) is 11.7. The van der Waals surface area contributed by atoms with Crippen LogP contribution in [0.4, 0.5) is 4.79 Å². The Labute approximate surface area is 153 Å². The number of ether oxygens (including phenoxy) is 1. The summed E-state index contributed by atoms with van der Waals surface area (Å²) < 4.78 is 11.8. The van der Waals surface area contributed by atoms with Gasteiger partial charge in [-0.1, -0.05) is 51.1 Å². The Bertz CT molecular complexity index is 546. The molecule has 5 heteroatoms. The minimum atomic E-state index is -1.71. The Morgan fingerprint density at radius 2 is 1.72 bits per heavy atom. The summed E-state index contributed by atoms with van der Waals surface area (Å²) in [5.41, 5.74) is 1.00. The van der Waals surface area contributed by atoms with Gasteiger partial charge in [0.15, 0.2) is 8.32 Å². The van der Waals surface area contributed by atoms with E-state index in [0.29, 0.717) is 12.7 Å². The van der Waals surface area contributed by atoms with Gasteiger partial charge < -0.3 is 14.5 Å². The molecule has 0 unspecified atom stereocenters. The highest BCUT2D eigenvalue weighted by Crippen LogP contribution is 2.39. The molecule has 1 aromatic carbocycles.